The molecule has 32 heavy (non-hydrogen) atoms. The SMILES string of the molecule is COc1cccc(OC)c1-n1c(SCc2ccc(C(N)=O)cc2)nnc1-c1ccc(C)o1. The second kappa shape index (κ2) is 9.19. The van der Waals surface area contributed by atoms with E-state index in [1.165, 1.54) is 11.8 Å². The van der Waals surface area contributed by atoms with Crippen LogP contribution >= 0.6 is 11.8 Å². The monoisotopic (exact) mass is 450 g/mol. The molecule has 0 aliphatic carbocycles. The van der Waals surface area contributed by atoms with Crippen molar-refractivity contribution in [1.82, 2.24) is 14.8 Å². The topological polar surface area (TPSA) is 105 Å². The van der Waals surface area contributed by atoms with Gasteiger partial charge in [-0.05, 0) is 48.9 Å². The van der Waals surface area contributed by atoms with E-state index in [-0.39, 0.29) is 0 Å². The van der Waals surface area contributed by atoms with E-state index in [4.69, 9.17) is 19.6 Å². The first-order valence-corrected chi connectivity index (χ1v) is 10.8. The number of furan rings is 1. The molecule has 0 aliphatic rings. The summed E-state index contributed by atoms with van der Waals surface area (Å²) in [5.41, 5.74) is 7.49. The van der Waals surface area contributed by atoms with E-state index in [9.17, 15) is 4.79 Å². The Hall–Kier alpha value is -3.72. The second-order valence-corrected chi connectivity index (χ2v) is 7.86. The van der Waals surface area contributed by atoms with Gasteiger partial charge in [-0.15, -0.1) is 10.2 Å². The lowest BCUT2D eigenvalue weighted by Gasteiger charge is -2.16. The number of aryl methyl sites for hydroxylation is 1. The summed E-state index contributed by atoms with van der Waals surface area (Å²) in [6.07, 6.45) is 0. The van der Waals surface area contributed by atoms with Gasteiger partial charge in [-0.1, -0.05) is 30.0 Å². The van der Waals surface area contributed by atoms with Crippen molar-refractivity contribution >= 4 is 17.7 Å². The van der Waals surface area contributed by atoms with Crippen molar-refractivity contribution in [3.05, 3.63) is 71.5 Å². The minimum Gasteiger partial charge on any atom is -0.494 e. The molecule has 0 saturated heterocycles. The maximum Gasteiger partial charge on any atom is 0.248 e. The summed E-state index contributed by atoms with van der Waals surface area (Å²) < 4.78 is 18.9. The van der Waals surface area contributed by atoms with Gasteiger partial charge < -0.3 is 19.6 Å². The third kappa shape index (κ3) is 4.19. The highest BCUT2D eigenvalue weighted by atomic mass is 32.2. The third-order valence-electron chi connectivity index (χ3n) is 4.83. The predicted octanol–water partition coefficient (Wildman–Crippen LogP) is 4.24. The Balaban J connectivity index is 1.77. The zero-order chi connectivity index (χ0) is 22.7. The van der Waals surface area contributed by atoms with Gasteiger partial charge in [-0.3, -0.25) is 9.36 Å². The van der Waals surface area contributed by atoms with E-state index in [2.05, 4.69) is 10.2 Å². The number of benzene rings is 2. The van der Waals surface area contributed by atoms with Crippen LogP contribution in [-0.4, -0.2) is 34.9 Å². The fraction of sp³-hybridized carbons (Fsp3) is 0.174. The molecule has 2 aromatic heterocycles. The lowest BCUT2D eigenvalue weighted by Crippen LogP contribution is -2.10. The van der Waals surface area contributed by atoms with Crippen LogP contribution in [0.3, 0.4) is 0 Å². The van der Waals surface area contributed by atoms with Crippen molar-refractivity contribution in [1.29, 1.82) is 0 Å². The number of methoxy groups -OCH3 is 2. The Labute approximate surface area is 189 Å². The minimum absolute atomic E-state index is 0.453. The van der Waals surface area contributed by atoms with Crippen LogP contribution < -0.4 is 15.2 Å². The number of amides is 1. The summed E-state index contributed by atoms with van der Waals surface area (Å²) >= 11 is 1.49. The Bertz CT molecular complexity index is 1230. The molecule has 0 aliphatic heterocycles. The quantitative estimate of drug-likeness (QED) is 0.400. The van der Waals surface area contributed by atoms with Crippen LogP contribution in [0, 0.1) is 6.92 Å². The molecule has 2 heterocycles. The van der Waals surface area contributed by atoms with Crippen LogP contribution in [0.1, 0.15) is 21.7 Å². The van der Waals surface area contributed by atoms with Crippen LogP contribution in [0.5, 0.6) is 11.5 Å². The van der Waals surface area contributed by atoms with Gasteiger partial charge in [-0.25, -0.2) is 0 Å². The van der Waals surface area contributed by atoms with E-state index in [1.54, 1.807) is 26.4 Å². The smallest absolute Gasteiger partial charge is 0.248 e. The predicted molar refractivity (Wildman–Crippen MR) is 121 cm³/mol. The minimum atomic E-state index is -0.453. The number of thioether (sulfide) groups is 1. The summed E-state index contributed by atoms with van der Waals surface area (Å²) in [6, 6.07) is 16.5. The van der Waals surface area contributed by atoms with Gasteiger partial charge in [-0.2, -0.15) is 0 Å². The van der Waals surface area contributed by atoms with E-state index >= 15 is 0 Å². The number of carbonyl (C=O) groups is 1. The van der Waals surface area contributed by atoms with Crippen molar-refractivity contribution in [3.8, 4) is 28.8 Å². The fourth-order valence-electron chi connectivity index (χ4n) is 3.24. The Morgan fingerprint density at radius 3 is 2.28 bits per heavy atom. The van der Waals surface area contributed by atoms with Crippen molar-refractivity contribution < 1.29 is 18.7 Å². The van der Waals surface area contributed by atoms with Gasteiger partial charge in [0.15, 0.2) is 10.9 Å². The highest BCUT2D eigenvalue weighted by molar-refractivity contribution is 7.98. The van der Waals surface area contributed by atoms with Crippen LogP contribution in [0.25, 0.3) is 17.3 Å². The van der Waals surface area contributed by atoms with Crippen LogP contribution in [0.15, 0.2) is 64.2 Å². The van der Waals surface area contributed by atoms with Crippen molar-refractivity contribution in [3.63, 3.8) is 0 Å². The Kier molecular flexibility index (Phi) is 6.18. The summed E-state index contributed by atoms with van der Waals surface area (Å²) in [5, 5.41) is 9.46. The number of primary amides is 1. The largest absolute Gasteiger partial charge is 0.494 e. The molecule has 9 heteroatoms. The molecule has 4 aromatic rings. The molecule has 2 aromatic carbocycles. The molecule has 2 N–H and O–H groups in total. The molecule has 4 rings (SSSR count). The first-order chi connectivity index (χ1) is 15.5. The van der Waals surface area contributed by atoms with Gasteiger partial charge in [0.2, 0.25) is 11.7 Å². The summed E-state index contributed by atoms with van der Waals surface area (Å²) in [5.74, 6) is 3.26. The van der Waals surface area contributed by atoms with E-state index in [0.29, 0.717) is 45.2 Å². The fourth-order valence-corrected chi connectivity index (χ4v) is 4.14. The maximum atomic E-state index is 11.3. The van der Waals surface area contributed by atoms with Gasteiger partial charge in [0.25, 0.3) is 0 Å². The number of aromatic nitrogens is 3. The number of ether oxygens (including phenoxy) is 2. The van der Waals surface area contributed by atoms with E-state index in [1.807, 2.05) is 54.0 Å². The van der Waals surface area contributed by atoms with Crippen LogP contribution in [0.2, 0.25) is 0 Å². The second-order valence-electron chi connectivity index (χ2n) is 6.91. The van der Waals surface area contributed by atoms with Crippen LogP contribution in [-0.2, 0) is 5.75 Å². The number of rotatable bonds is 8. The number of hydrogen-bond donors (Lipinski definition) is 1. The average molecular weight is 451 g/mol. The third-order valence-corrected chi connectivity index (χ3v) is 5.83. The highest BCUT2D eigenvalue weighted by Crippen LogP contribution is 2.39. The molecule has 0 bridgehead atoms. The maximum absolute atomic E-state index is 11.3. The molecule has 0 unspecified atom stereocenters. The molecule has 0 radical (unpaired) electrons. The molecule has 0 fully saturated rings. The number of carbonyl (C=O) groups excluding carboxylic acids is 1. The average Bonchev–Trinajstić information content (AvgIpc) is 3.43. The van der Waals surface area contributed by atoms with Crippen molar-refractivity contribution in [2.45, 2.75) is 17.8 Å². The zero-order valence-corrected chi connectivity index (χ0v) is 18.7. The van der Waals surface area contributed by atoms with Crippen molar-refractivity contribution in [2.24, 2.45) is 5.73 Å². The molecule has 1 amide bonds. The van der Waals surface area contributed by atoms with Gasteiger partial charge in [0.05, 0.1) is 14.2 Å². The molecule has 0 atom stereocenters. The number of hydrogen-bond acceptors (Lipinski definition) is 7. The number of nitrogens with zero attached hydrogens (tertiary/aromatic N) is 3. The van der Waals surface area contributed by atoms with Crippen molar-refractivity contribution in [2.75, 3.05) is 14.2 Å². The van der Waals surface area contributed by atoms with E-state index in [0.717, 1.165) is 11.3 Å². The molecule has 0 spiro atoms. The lowest BCUT2D eigenvalue weighted by atomic mass is 10.1. The summed E-state index contributed by atoms with van der Waals surface area (Å²) in [7, 11) is 3.21. The standard InChI is InChI=1S/C23H22N4O4S/c1-14-7-12-19(31-14)22-25-26-23(32-13-15-8-10-16(11-9-15)21(24)28)27(22)20-17(29-2)5-4-6-18(20)30-3/h4-12H,13H2,1-3H3,(H2,24,28). The zero-order valence-electron chi connectivity index (χ0n) is 17.9. The number of para-hydroxylation sites is 1. The van der Waals surface area contributed by atoms with Crippen LogP contribution in [0.4, 0.5) is 0 Å². The Morgan fingerprint density at radius 2 is 1.72 bits per heavy atom. The van der Waals surface area contributed by atoms with Gasteiger partial charge in [0, 0.05) is 11.3 Å². The van der Waals surface area contributed by atoms with Gasteiger partial charge >= 0.3 is 0 Å². The van der Waals surface area contributed by atoms with Gasteiger partial charge in [0.1, 0.15) is 22.9 Å². The summed E-state index contributed by atoms with van der Waals surface area (Å²) in [6.45, 7) is 1.87. The molecule has 0 saturated carbocycles. The molecular weight excluding hydrogens is 428 g/mol. The Morgan fingerprint density at radius 1 is 1.03 bits per heavy atom. The number of nitrogens with two attached hydrogens (primary N) is 1. The molecule has 8 nitrogen and oxygen atoms in total. The summed E-state index contributed by atoms with van der Waals surface area (Å²) in [4.78, 5) is 11.3. The molecular formula is C23H22N4O4S. The molecule has 164 valence electrons. The lowest BCUT2D eigenvalue weighted by molar-refractivity contribution is 0.100. The first kappa shape index (κ1) is 21.5. The first-order valence-electron chi connectivity index (χ1n) is 9.77. The van der Waals surface area contributed by atoms with E-state index < -0.39 is 5.91 Å². The highest BCUT2D eigenvalue weighted by Gasteiger charge is 2.24. The normalized spacial score (nSPS) is 10.8.